The van der Waals surface area contributed by atoms with Crippen LogP contribution in [0.2, 0.25) is 5.15 Å². The number of aromatic nitrogens is 1. The summed E-state index contributed by atoms with van der Waals surface area (Å²) in [6, 6.07) is 3.12. The summed E-state index contributed by atoms with van der Waals surface area (Å²) in [5, 5.41) is 8.93. The molecule has 1 rings (SSSR count). The number of aliphatic carboxylic acids is 1. The molecule has 1 amide bonds. The second kappa shape index (κ2) is 7.06. The highest BCUT2D eigenvalue weighted by Crippen LogP contribution is 2.14. The monoisotopic (exact) mass is 285 g/mol. The summed E-state index contributed by atoms with van der Waals surface area (Å²) < 4.78 is 0. The minimum absolute atomic E-state index is 0.0766. The largest absolute Gasteiger partial charge is 0.480 e. The highest BCUT2D eigenvalue weighted by Gasteiger charge is 2.20. The number of pyridine rings is 1. The van der Waals surface area contributed by atoms with E-state index in [1.54, 1.807) is 6.07 Å². The van der Waals surface area contributed by atoms with Gasteiger partial charge >= 0.3 is 5.97 Å². The lowest BCUT2D eigenvalue weighted by molar-refractivity contribution is -0.137. The van der Waals surface area contributed by atoms with Crippen molar-refractivity contribution < 1.29 is 14.7 Å². The summed E-state index contributed by atoms with van der Waals surface area (Å²) in [4.78, 5) is 30.0. The van der Waals surface area contributed by atoms with Gasteiger partial charge in [0.1, 0.15) is 11.7 Å². The Labute approximate surface area is 116 Å². The minimum atomic E-state index is -1.06. The molecule has 1 heterocycles. The lowest BCUT2D eigenvalue weighted by atomic mass is 10.2. The van der Waals surface area contributed by atoms with Crippen LogP contribution in [0.5, 0.6) is 0 Å². The zero-order chi connectivity index (χ0) is 14.4. The van der Waals surface area contributed by atoms with Gasteiger partial charge in [-0.05, 0) is 26.2 Å². The Morgan fingerprint density at radius 3 is 2.58 bits per heavy atom. The number of carboxylic acid groups (broad SMARTS) is 1. The first kappa shape index (κ1) is 15.4. The van der Waals surface area contributed by atoms with Crippen molar-refractivity contribution >= 4 is 23.5 Å². The van der Waals surface area contributed by atoms with Gasteiger partial charge in [-0.1, -0.05) is 11.6 Å². The van der Waals surface area contributed by atoms with E-state index in [2.05, 4.69) is 4.98 Å². The number of carbonyl (C=O) groups excluding carboxylic acids is 1. The highest BCUT2D eigenvalue weighted by atomic mass is 35.5. The molecule has 104 valence electrons. The van der Waals surface area contributed by atoms with Crippen LogP contribution in [0, 0.1) is 0 Å². The Hall–Kier alpha value is -1.66. The molecule has 0 aliphatic rings. The predicted molar refractivity (Wildman–Crippen MR) is 71.3 cm³/mol. The summed E-state index contributed by atoms with van der Waals surface area (Å²) in [6.45, 7) is 0.512. The van der Waals surface area contributed by atoms with Crippen LogP contribution in [0.1, 0.15) is 10.4 Å². The van der Waals surface area contributed by atoms with E-state index in [1.165, 1.54) is 17.2 Å². The third kappa shape index (κ3) is 4.84. The first-order chi connectivity index (χ1) is 8.91. The molecule has 0 aliphatic heterocycles. The number of halogens is 1. The number of rotatable bonds is 6. The summed E-state index contributed by atoms with van der Waals surface area (Å²) >= 11 is 5.85. The molecule has 0 bridgehead atoms. The number of amides is 1. The molecule has 0 unspecified atom stereocenters. The van der Waals surface area contributed by atoms with E-state index in [9.17, 15) is 9.59 Å². The third-order valence-electron chi connectivity index (χ3n) is 2.42. The van der Waals surface area contributed by atoms with E-state index >= 15 is 0 Å². The van der Waals surface area contributed by atoms with E-state index in [0.29, 0.717) is 13.1 Å². The second-order valence-corrected chi connectivity index (χ2v) is 4.62. The van der Waals surface area contributed by atoms with Crippen molar-refractivity contribution in [3.63, 3.8) is 0 Å². The summed E-state index contributed by atoms with van der Waals surface area (Å²) in [5.41, 5.74) is 0.212. The molecule has 6 nitrogen and oxygen atoms in total. The van der Waals surface area contributed by atoms with Gasteiger partial charge in [-0.2, -0.15) is 0 Å². The summed E-state index contributed by atoms with van der Waals surface area (Å²) in [6.07, 6.45) is 1.47. The van der Waals surface area contributed by atoms with Crippen LogP contribution in [0.25, 0.3) is 0 Å². The van der Waals surface area contributed by atoms with Crippen molar-refractivity contribution in [3.8, 4) is 0 Å². The normalized spacial score (nSPS) is 10.5. The molecule has 0 aliphatic carbocycles. The minimum Gasteiger partial charge on any atom is -0.480 e. The van der Waals surface area contributed by atoms with Crippen LogP contribution in [0.3, 0.4) is 0 Å². The highest BCUT2D eigenvalue weighted by molar-refractivity contribution is 6.32. The molecule has 0 atom stereocenters. The average Bonchev–Trinajstić information content (AvgIpc) is 2.33. The van der Waals surface area contributed by atoms with Gasteiger partial charge in [-0.25, -0.2) is 4.98 Å². The molecule has 0 spiro atoms. The molecule has 7 heteroatoms. The standard InChI is InChI=1S/C12H16ClN3O3/c1-15(2)6-7-16(8-10(17)18)12(19)9-4-3-5-14-11(9)13/h3-5H,6-8H2,1-2H3,(H,17,18). The number of nitrogens with zero attached hydrogens (tertiary/aromatic N) is 3. The SMILES string of the molecule is CN(C)CCN(CC(=O)O)C(=O)c1cccnc1Cl. The van der Waals surface area contributed by atoms with E-state index in [-0.39, 0.29) is 17.3 Å². The van der Waals surface area contributed by atoms with Crippen molar-refractivity contribution in [1.29, 1.82) is 0 Å². The number of hydrogen-bond donors (Lipinski definition) is 1. The first-order valence-corrected chi connectivity index (χ1v) is 6.06. The van der Waals surface area contributed by atoms with E-state index in [0.717, 1.165) is 0 Å². The Balaban J connectivity index is 2.87. The topological polar surface area (TPSA) is 73.7 Å². The van der Waals surface area contributed by atoms with Gasteiger partial charge in [0.05, 0.1) is 5.56 Å². The fourth-order valence-electron chi connectivity index (χ4n) is 1.45. The molecule has 0 fully saturated rings. The average molecular weight is 286 g/mol. The molecular formula is C12H16ClN3O3. The molecule has 0 saturated carbocycles. The predicted octanol–water partition coefficient (Wildman–Crippen LogP) is 0.823. The fraction of sp³-hybridized carbons (Fsp3) is 0.417. The van der Waals surface area contributed by atoms with Crippen LogP contribution in [-0.4, -0.2) is 65.5 Å². The van der Waals surface area contributed by atoms with Crippen molar-refractivity contribution in [1.82, 2.24) is 14.8 Å². The molecule has 1 N–H and O–H groups in total. The van der Waals surface area contributed by atoms with Crippen LogP contribution in [0.15, 0.2) is 18.3 Å². The Morgan fingerprint density at radius 2 is 2.05 bits per heavy atom. The molecule has 1 aromatic rings. The Kier molecular flexibility index (Phi) is 5.72. The first-order valence-electron chi connectivity index (χ1n) is 5.68. The lowest BCUT2D eigenvalue weighted by Crippen LogP contribution is -2.40. The van der Waals surface area contributed by atoms with E-state index in [1.807, 2.05) is 19.0 Å². The molecule has 0 saturated heterocycles. The van der Waals surface area contributed by atoms with Gasteiger partial charge in [0, 0.05) is 19.3 Å². The second-order valence-electron chi connectivity index (χ2n) is 4.27. The lowest BCUT2D eigenvalue weighted by Gasteiger charge is -2.22. The van der Waals surface area contributed by atoms with E-state index in [4.69, 9.17) is 16.7 Å². The van der Waals surface area contributed by atoms with Gasteiger partial charge < -0.3 is 14.9 Å². The fourth-order valence-corrected chi connectivity index (χ4v) is 1.65. The number of likely N-dealkylation sites (N-methyl/N-ethyl adjacent to an activating group) is 1. The van der Waals surface area contributed by atoms with Crippen molar-refractivity contribution in [2.24, 2.45) is 0 Å². The molecule has 0 radical (unpaired) electrons. The van der Waals surface area contributed by atoms with Gasteiger partial charge in [0.25, 0.3) is 5.91 Å². The van der Waals surface area contributed by atoms with Gasteiger partial charge in [-0.3, -0.25) is 9.59 Å². The number of carboxylic acids is 1. The zero-order valence-electron chi connectivity index (χ0n) is 10.8. The maximum Gasteiger partial charge on any atom is 0.323 e. The summed E-state index contributed by atoms with van der Waals surface area (Å²) in [7, 11) is 3.70. The van der Waals surface area contributed by atoms with Gasteiger partial charge in [0.2, 0.25) is 0 Å². The molecular weight excluding hydrogens is 270 g/mol. The maximum atomic E-state index is 12.2. The van der Waals surface area contributed by atoms with Crippen LogP contribution in [-0.2, 0) is 4.79 Å². The molecule has 19 heavy (non-hydrogen) atoms. The van der Waals surface area contributed by atoms with Crippen LogP contribution < -0.4 is 0 Å². The maximum absolute atomic E-state index is 12.2. The third-order valence-corrected chi connectivity index (χ3v) is 2.72. The quantitative estimate of drug-likeness (QED) is 0.784. The van der Waals surface area contributed by atoms with Gasteiger partial charge in [0.15, 0.2) is 0 Å². The smallest absolute Gasteiger partial charge is 0.323 e. The molecule has 0 aromatic carbocycles. The van der Waals surface area contributed by atoms with E-state index < -0.39 is 11.9 Å². The number of hydrogen-bond acceptors (Lipinski definition) is 4. The summed E-state index contributed by atoms with van der Waals surface area (Å²) in [5.74, 6) is -1.49. The van der Waals surface area contributed by atoms with Crippen molar-refractivity contribution in [3.05, 3.63) is 29.0 Å². The zero-order valence-corrected chi connectivity index (χ0v) is 11.6. The Morgan fingerprint density at radius 1 is 1.37 bits per heavy atom. The molecule has 1 aromatic heterocycles. The van der Waals surface area contributed by atoms with Gasteiger partial charge in [-0.15, -0.1) is 0 Å². The Bertz CT molecular complexity index is 465. The van der Waals surface area contributed by atoms with Crippen molar-refractivity contribution in [2.45, 2.75) is 0 Å². The number of carbonyl (C=O) groups is 2. The van der Waals surface area contributed by atoms with Crippen molar-refractivity contribution in [2.75, 3.05) is 33.7 Å². The van der Waals surface area contributed by atoms with Crippen LogP contribution in [0.4, 0.5) is 0 Å². The van der Waals surface area contributed by atoms with Crippen LogP contribution >= 0.6 is 11.6 Å².